The number of amidine groups is 1. The summed E-state index contributed by atoms with van der Waals surface area (Å²) in [7, 11) is 0. The number of halogens is 1. The Morgan fingerprint density at radius 1 is 1.15 bits per heavy atom. The summed E-state index contributed by atoms with van der Waals surface area (Å²) in [5.74, 6) is 1.69. The molecule has 0 aliphatic heterocycles. The molecule has 0 spiro atoms. The lowest BCUT2D eigenvalue weighted by molar-refractivity contribution is 0.884. The number of fused-ring (bicyclic) bond motifs is 1. The Hall–Kier alpha value is -2.80. The van der Waals surface area contributed by atoms with E-state index in [1.807, 2.05) is 24.4 Å². The van der Waals surface area contributed by atoms with Gasteiger partial charge in [0.25, 0.3) is 0 Å². The Morgan fingerprint density at radius 3 is 2.48 bits per heavy atom. The van der Waals surface area contributed by atoms with Crippen molar-refractivity contribution in [3.05, 3.63) is 58.7 Å². The fraction of sp³-hybridized carbons (Fsp3) is 0.200. The SMILES string of the molecule is N=C(N)c1ccc(N)cc1.Nc1c(NCC2CC2)ncc2ccc(Br)cc12. The highest BCUT2D eigenvalue weighted by molar-refractivity contribution is 9.10. The maximum atomic E-state index is 7.04. The summed E-state index contributed by atoms with van der Waals surface area (Å²) >= 11 is 3.47. The summed E-state index contributed by atoms with van der Waals surface area (Å²) < 4.78 is 1.04. The molecule has 2 aromatic carbocycles. The molecule has 1 saturated carbocycles. The number of hydrogen-bond donors (Lipinski definition) is 5. The average Bonchev–Trinajstić information content (AvgIpc) is 3.47. The molecule has 0 atom stereocenters. The van der Waals surface area contributed by atoms with Crippen molar-refractivity contribution < 1.29 is 0 Å². The number of benzene rings is 2. The van der Waals surface area contributed by atoms with E-state index in [0.717, 1.165) is 39.2 Å². The molecule has 1 heterocycles. The van der Waals surface area contributed by atoms with E-state index in [-0.39, 0.29) is 5.84 Å². The largest absolute Gasteiger partial charge is 0.399 e. The minimum absolute atomic E-state index is 0.0694. The van der Waals surface area contributed by atoms with Crippen molar-refractivity contribution in [2.75, 3.05) is 23.3 Å². The van der Waals surface area contributed by atoms with Crippen LogP contribution in [0.25, 0.3) is 10.8 Å². The molecule has 1 fully saturated rings. The third-order valence-electron chi connectivity index (χ3n) is 4.37. The van der Waals surface area contributed by atoms with Crippen molar-refractivity contribution in [1.82, 2.24) is 4.98 Å². The number of nitrogen functional groups attached to an aromatic ring is 3. The Labute approximate surface area is 166 Å². The van der Waals surface area contributed by atoms with Crippen LogP contribution in [-0.4, -0.2) is 17.4 Å². The lowest BCUT2D eigenvalue weighted by atomic mass is 10.1. The Morgan fingerprint density at radius 2 is 1.85 bits per heavy atom. The maximum Gasteiger partial charge on any atom is 0.149 e. The molecule has 140 valence electrons. The van der Waals surface area contributed by atoms with Crippen LogP contribution < -0.4 is 22.5 Å². The average molecular weight is 427 g/mol. The predicted octanol–water partition coefficient (Wildman–Crippen LogP) is 3.95. The van der Waals surface area contributed by atoms with E-state index in [1.54, 1.807) is 24.3 Å². The number of rotatable bonds is 4. The molecule has 3 aromatic rings. The highest BCUT2D eigenvalue weighted by Crippen LogP contribution is 2.32. The zero-order valence-electron chi connectivity index (χ0n) is 14.9. The van der Waals surface area contributed by atoms with Crippen LogP contribution in [0.3, 0.4) is 0 Å². The molecule has 27 heavy (non-hydrogen) atoms. The van der Waals surface area contributed by atoms with Gasteiger partial charge in [-0.15, -0.1) is 0 Å². The molecule has 0 bridgehead atoms. The summed E-state index contributed by atoms with van der Waals surface area (Å²) in [4.78, 5) is 4.38. The predicted molar refractivity (Wildman–Crippen MR) is 117 cm³/mol. The van der Waals surface area contributed by atoms with Crippen LogP contribution in [0.15, 0.2) is 53.1 Å². The van der Waals surface area contributed by atoms with Gasteiger partial charge < -0.3 is 22.5 Å². The Bertz CT molecular complexity index is 951. The number of aromatic nitrogens is 1. The third-order valence-corrected chi connectivity index (χ3v) is 4.86. The lowest BCUT2D eigenvalue weighted by Gasteiger charge is -2.10. The zero-order valence-corrected chi connectivity index (χ0v) is 16.5. The fourth-order valence-electron chi connectivity index (χ4n) is 2.57. The monoisotopic (exact) mass is 426 g/mol. The molecule has 6 nitrogen and oxygen atoms in total. The molecule has 0 amide bonds. The van der Waals surface area contributed by atoms with Gasteiger partial charge in [0, 0.05) is 39.2 Å². The second kappa shape index (κ2) is 8.26. The Kier molecular flexibility index (Phi) is 5.81. The lowest BCUT2D eigenvalue weighted by Crippen LogP contribution is -2.10. The summed E-state index contributed by atoms with van der Waals surface area (Å²) in [5.41, 5.74) is 18.9. The molecule has 1 aliphatic rings. The van der Waals surface area contributed by atoms with E-state index in [1.165, 1.54) is 12.8 Å². The minimum atomic E-state index is 0.0694. The first-order valence-electron chi connectivity index (χ1n) is 8.71. The summed E-state index contributed by atoms with van der Waals surface area (Å²) in [6.45, 7) is 0.983. The standard InChI is InChI=1S/C13H14BrN3.C7H9N3/c14-10-4-3-9-7-17-13(12(15)11(9)5-10)16-6-8-1-2-8;8-6-3-1-5(2-4-6)7(9)10/h3-5,7-8H,1-2,6,15H2,(H,16,17);1-4H,8H2,(H3,9,10). The first kappa shape index (κ1) is 19.0. The highest BCUT2D eigenvalue weighted by Gasteiger charge is 2.21. The topological polar surface area (TPSA) is 127 Å². The molecule has 0 saturated heterocycles. The summed E-state index contributed by atoms with van der Waals surface area (Å²) in [6.07, 6.45) is 4.52. The van der Waals surface area contributed by atoms with Crippen LogP contribution >= 0.6 is 15.9 Å². The molecule has 4 rings (SSSR count). The van der Waals surface area contributed by atoms with Crippen molar-refractivity contribution in [1.29, 1.82) is 5.41 Å². The van der Waals surface area contributed by atoms with Crippen molar-refractivity contribution in [3.8, 4) is 0 Å². The molecule has 0 unspecified atom stereocenters. The van der Waals surface area contributed by atoms with Gasteiger partial charge in [0.15, 0.2) is 0 Å². The first-order valence-corrected chi connectivity index (χ1v) is 9.51. The number of pyridine rings is 1. The van der Waals surface area contributed by atoms with E-state index in [2.05, 4.69) is 26.2 Å². The van der Waals surface area contributed by atoms with Crippen LogP contribution in [0.1, 0.15) is 18.4 Å². The molecule has 0 radical (unpaired) electrons. The molecule has 7 heteroatoms. The van der Waals surface area contributed by atoms with Gasteiger partial charge in [-0.3, -0.25) is 5.41 Å². The first-order chi connectivity index (χ1) is 12.9. The summed E-state index contributed by atoms with van der Waals surface area (Å²) in [6, 6.07) is 12.9. The van der Waals surface area contributed by atoms with E-state index in [4.69, 9.17) is 22.6 Å². The van der Waals surface area contributed by atoms with Gasteiger partial charge in [-0.25, -0.2) is 4.98 Å². The van der Waals surface area contributed by atoms with Gasteiger partial charge in [0.2, 0.25) is 0 Å². The number of nitrogens with two attached hydrogens (primary N) is 3. The molecular formula is C20H23BrN6. The van der Waals surface area contributed by atoms with Crippen LogP contribution in [0.4, 0.5) is 17.2 Å². The van der Waals surface area contributed by atoms with Gasteiger partial charge in [-0.2, -0.15) is 0 Å². The molecule has 1 aromatic heterocycles. The number of nitrogens with one attached hydrogen (secondary N) is 2. The fourth-order valence-corrected chi connectivity index (χ4v) is 2.93. The number of anilines is 3. The third kappa shape index (κ3) is 5.10. The van der Waals surface area contributed by atoms with E-state index in [0.29, 0.717) is 11.3 Å². The number of nitrogens with zero attached hydrogens (tertiary/aromatic N) is 1. The zero-order chi connectivity index (χ0) is 19.4. The van der Waals surface area contributed by atoms with E-state index >= 15 is 0 Å². The second-order valence-electron chi connectivity index (χ2n) is 6.61. The minimum Gasteiger partial charge on any atom is -0.399 e. The van der Waals surface area contributed by atoms with Crippen LogP contribution in [0.2, 0.25) is 0 Å². The smallest absolute Gasteiger partial charge is 0.149 e. The molecule has 1 aliphatic carbocycles. The van der Waals surface area contributed by atoms with Gasteiger partial charge in [0.05, 0.1) is 5.69 Å². The van der Waals surface area contributed by atoms with E-state index < -0.39 is 0 Å². The van der Waals surface area contributed by atoms with Crippen LogP contribution in [-0.2, 0) is 0 Å². The van der Waals surface area contributed by atoms with Crippen LogP contribution in [0.5, 0.6) is 0 Å². The number of hydrogen-bond acceptors (Lipinski definition) is 5. The second-order valence-corrected chi connectivity index (χ2v) is 7.53. The highest BCUT2D eigenvalue weighted by atomic mass is 79.9. The van der Waals surface area contributed by atoms with Gasteiger partial charge in [0.1, 0.15) is 11.7 Å². The van der Waals surface area contributed by atoms with Gasteiger partial charge in [-0.1, -0.05) is 22.0 Å². The van der Waals surface area contributed by atoms with Crippen molar-refractivity contribution in [2.24, 2.45) is 11.7 Å². The van der Waals surface area contributed by atoms with E-state index in [9.17, 15) is 0 Å². The summed E-state index contributed by atoms with van der Waals surface area (Å²) in [5, 5.41) is 12.5. The van der Waals surface area contributed by atoms with Crippen molar-refractivity contribution in [2.45, 2.75) is 12.8 Å². The molecule has 8 N–H and O–H groups in total. The maximum absolute atomic E-state index is 7.04. The van der Waals surface area contributed by atoms with Gasteiger partial charge in [-0.05, 0) is 55.2 Å². The van der Waals surface area contributed by atoms with Crippen molar-refractivity contribution in [3.63, 3.8) is 0 Å². The van der Waals surface area contributed by atoms with Crippen molar-refractivity contribution >= 4 is 49.7 Å². The molecular weight excluding hydrogens is 404 g/mol. The normalized spacial score (nSPS) is 12.9. The Balaban J connectivity index is 0.000000180. The van der Waals surface area contributed by atoms with Gasteiger partial charge >= 0.3 is 0 Å². The quantitative estimate of drug-likeness (QED) is 0.245. The van der Waals surface area contributed by atoms with Crippen LogP contribution in [0, 0.1) is 11.3 Å².